The second-order valence-corrected chi connectivity index (χ2v) is 5.47. The summed E-state index contributed by atoms with van der Waals surface area (Å²) in [5.74, 6) is 2.70. The number of aromatic nitrogens is 1. The van der Waals surface area contributed by atoms with E-state index in [0.717, 1.165) is 0 Å². The van der Waals surface area contributed by atoms with Gasteiger partial charge in [-0.2, -0.15) is 0 Å². The van der Waals surface area contributed by atoms with Crippen LogP contribution in [0.2, 0.25) is 0 Å². The minimum atomic E-state index is 0. The topological polar surface area (TPSA) is 3.88 Å². The summed E-state index contributed by atoms with van der Waals surface area (Å²) in [4.78, 5) is 0. The zero-order chi connectivity index (χ0) is 9.26. The van der Waals surface area contributed by atoms with E-state index in [1.165, 1.54) is 14.3 Å². The predicted octanol–water partition coefficient (Wildman–Crippen LogP) is -1.87. The van der Waals surface area contributed by atoms with Crippen LogP contribution in [0.3, 0.4) is 0 Å². The van der Waals surface area contributed by atoms with Crippen LogP contribution in [0.5, 0.6) is 0 Å². The first-order valence-corrected chi connectivity index (χ1v) is 5.85. The molecule has 0 aliphatic rings. The van der Waals surface area contributed by atoms with E-state index in [2.05, 4.69) is 41.7 Å². The SMILES string of the molecule is C#CC[n+]1c(C)[se]c2ccccc21.[Br-]. The van der Waals surface area contributed by atoms with Crippen molar-refractivity contribution in [1.29, 1.82) is 0 Å². The average molecular weight is 315 g/mol. The maximum atomic E-state index is 5.33. The number of terminal acetylenes is 1. The van der Waals surface area contributed by atoms with E-state index in [9.17, 15) is 0 Å². The van der Waals surface area contributed by atoms with Gasteiger partial charge >= 0.3 is 83.5 Å². The number of nitrogens with zero attached hydrogens (tertiary/aromatic N) is 1. The Morgan fingerprint density at radius 3 is 2.86 bits per heavy atom. The van der Waals surface area contributed by atoms with Crippen LogP contribution in [0.15, 0.2) is 24.3 Å². The molecule has 0 N–H and O–H groups in total. The molecule has 0 amide bonds. The Morgan fingerprint density at radius 2 is 2.14 bits per heavy atom. The van der Waals surface area contributed by atoms with Gasteiger partial charge in [0.2, 0.25) is 0 Å². The fourth-order valence-corrected chi connectivity index (χ4v) is 3.58. The number of aryl methyl sites for hydroxylation is 1. The van der Waals surface area contributed by atoms with Crippen LogP contribution in [0.25, 0.3) is 9.78 Å². The molecular formula is C11H10BrNSe. The number of rotatable bonds is 1. The summed E-state index contributed by atoms with van der Waals surface area (Å²) >= 11 is 0.480. The van der Waals surface area contributed by atoms with Crippen molar-refractivity contribution in [2.75, 3.05) is 0 Å². The van der Waals surface area contributed by atoms with Gasteiger partial charge < -0.3 is 17.0 Å². The molecule has 1 nitrogen and oxygen atoms in total. The first kappa shape index (κ1) is 11.5. The number of halogens is 1. The Balaban J connectivity index is 0.000000980. The van der Waals surface area contributed by atoms with Crippen LogP contribution < -0.4 is 21.5 Å². The van der Waals surface area contributed by atoms with E-state index in [1.54, 1.807) is 0 Å². The van der Waals surface area contributed by atoms with Crippen molar-refractivity contribution in [1.82, 2.24) is 0 Å². The van der Waals surface area contributed by atoms with Gasteiger partial charge in [-0.05, 0) is 0 Å². The third kappa shape index (κ3) is 1.93. The smallest absolute Gasteiger partial charge is 1.00 e. The molecule has 0 saturated heterocycles. The van der Waals surface area contributed by atoms with Crippen molar-refractivity contribution in [3.05, 3.63) is 28.8 Å². The average Bonchev–Trinajstić information content (AvgIpc) is 2.44. The monoisotopic (exact) mass is 315 g/mol. The Labute approximate surface area is 100 Å². The van der Waals surface area contributed by atoms with E-state index < -0.39 is 0 Å². The second-order valence-electron chi connectivity index (χ2n) is 2.88. The summed E-state index contributed by atoms with van der Waals surface area (Å²) in [5, 5.41) is 0. The van der Waals surface area contributed by atoms with Crippen LogP contribution in [-0.2, 0) is 6.54 Å². The Bertz CT molecular complexity index is 481. The summed E-state index contributed by atoms with van der Waals surface area (Å²) in [6.45, 7) is 2.86. The fraction of sp³-hybridized carbons (Fsp3) is 0.182. The van der Waals surface area contributed by atoms with Crippen molar-refractivity contribution >= 4 is 24.3 Å². The van der Waals surface area contributed by atoms with Crippen LogP contribution in [0.1, 0.15) is 4.57 Å². The van der Waals surface area contributed by atoms with Crippen molar-refractivity contribution < 1.29 is 21.5 Å². The number of benzene rings is 1. The van der Waals surface area contributed by atoms with Gasteiger partial charge in [-0.15, -0.1) is 0 Å². The molecule has 0 unspecified atom stereocenters. The van der Waals surface area contributed by atoms with Gasteiger partial charge in [0.15, 0.2) is 0 Å². The second kappa shape index (κ2) is 4.79. The van der Waals surface area contributed by atoms with Crippen molar-refractivity contribution in [2.45, 2.75) is 13.5 Å². The quantitative estimate of drug-likeness (QED) is 0.330. The van der Waals surface area contributed by atoms with Gasteiger partial charge in [-0.3, -0.25) is 0 Å². The van der Waals surface area contributed by atoms with Crippen LogP contribution in [0.4, 0.5) is 0 Å². The Hall–Kier alpha value is -0.551. The van der Waals surface area contributed by atoms with E-state index in [0.29, 0.717) is 21.0 Å². The van der Waals surface area contributed by atoms with Gasteiger partial charge in [0.05, 0.1) is 0 Å². The molecule has 0 radical (unpaired) electrons. The zero-order valence-corrected chi connectivity index (χ0v) is 11.1. The normalized spacial score (nSPS) is 9.43. The molecule has 0 saturated carbocycles. The van der Waals surface area contributed by atoms with E-state index in [4.69, 9.17) is 6.42 Å². The third-order valence-electron chi connectivity index (χ3n) is 2.04. The Morgan fingerprint density at radius 1 is 1.43 bits per heavy atom. The van der Waals surface area contributed by atoms with Gasteiger partial charge in [0, 0.05) is 0 Å². The molecule has 0 aliphatic carbocycles. The predicted molar refractivity (Wildman–Crippen MR) is 54.7 cm³/mol. The number of hydrogen-bond donors (Lipinski definition) is 0. The summed E-state index contributed by atoms with van der Waals surface area (Å²) in [6, 6.07) is 8.49. The molecule has 0 aliphatic heterocycles. The molecule has 14 heavy (non-hydrogen) atoms. The summed E-state index contributed by atoms with van der Waals surface area (Å²) in [5.41, 5.74) is 1.30. The maximum Gasteiger partial charge on any atom is -1.00 e. The minimum Gasteiger partial charge on any atom is -1.00 e. The van der Waals surface area contributed by atoms with Gasteiger partial charge in [-0.1, -0.05) is 0 Å². The van der Waals surface area contributed by atoms with Crippen LogP contribution in [0, 0.1) is 19.3 Å². The number of fused-ring (bicyclic) bond motifs is 1. The first-order valence-electron chi connectivity index (χ1n) is 4.14. The standard InChI is InChI=1S/C11H10NSe.BrH/c1-3-8-12-9(2)13-11-7-5-4-6-10(11)12;/h1,4-7H,8H2,2H3;1H/q+1;/p-1. The fourth-order valence-electron chi connectivity index (χ4n) is 1.44. The van der Waals surface area contributed by atoms with Crippen LogP contribution >= 0.6 is 0 Å². The molecular weight excluding hydrogens is 305 g/mol. The van der Waals surface area contributed by atoms with Gasteiger partial charge in [0.25, 0.3) is 0 Å². The molecule has 0 fully saturated rings. The van der Waals surface area contributed by atoms with Crippen molar-refractivity contribution in [3.63, 3.8) is 0 Å². The molecule has 0 bridgehead atoms. The van der Waals surface area contributed by atoms with Gasteiger partial charge in [0.1, 0.15) is 0 Å². The summed E-state index contributed by atoms with van der Waals surface area (Å²) in [7, 11) is 0. The zero-order valence-electron chi connectivity index (χ0n) is 7.83. The van der Waals surface area contributed by atoms with Crippen molar-refractivity contribution in [3.8, 4) is 12.3 Å². The third-order valence-corrected chi connectivity index (χ3v) is 4.31. The Kier molecular flexibility index (Phi) is 3.95. The molecule has 1 aromatic carbocycles. The number of hydrogen-bond acceptors (Lipinski definition) is 0. The molecule has 1 aromatic heterocycles. The molecule has 1 heterocycles. The van der Waals surface area contributed by atoms with E-state index in [-0.39, 0.29) is 17.0 Å². The molecule has 2 rings (SSSR count). The summed E-state index contributed by atoms with van der Waals surface area (Å²) in [6.07, 6.45) is 5.33. The molecule has 72 valence electrons. The summed E-state index contributed by atoms with van der Waals surface area (Å²) < 4.78 is 5.09. The van der Waals surface area contributed by atoms with Crippen LogP contribution in [-0.4, -0.2) is 14.5 Å². The van der Waals surface area contributed by atoms with Gasteiger partial charge in [-0.25, -0.2) is 0 Å². The van der Waals surface area contributed by atoms with Crippen molar-refractivity contribution in [2.24, 2.45) is 0 Å². The van der Waals surface area contributed by atoms with E-state index >= 15 is 0 Å². The molecule has 2 aromatic rings. The molecule has 0 spiro atoms. The largest absolute Gasteiger partial charge is 1.00 e. The minimum absolute atomic E-state index is 0. The first-order chi connectivity index (χ1) is 6.33. The maximum absolute atomic E-state index is 5.33. The molecule has 0 atom stereocenters. The molecule has 3 heteroatoms. The van der Waals surface area contributed by atoms with E-state index in [1.807, 2.05) is 0 Å². The number of para-hydroxylation sites is 1.